The van der Waals surface area contributed by atoms with Crippen molar-refractivity contribution < 1.29 is 0 Å². The highest BCUT2D eigenvalue weighted by molar-refractivity contribution is 6.30. The third-order valence-electron chi connectivity index (χ3n) is 6.19. The fourth-order valence-electron chi connectivity index (χ4n) is 4.51. The molecule has 5 nitrogen and oxygen atoms in total. The molecule has 0 spiro atoms. The van der Waals surface area contributed by atoms with Gasteiger partial charge in [-0.25, -0.2) is 4.68 Å². The van der Waals surface area contributed by atoms with E-state index in [-0.39, 0.29) is 6.04 Å². The molecule has 0 aliphatic heterocycles. The Bertz CT molecular complexity index is 1350. The van der Waals surface area contributed by atoms with Gasteiger partial charge in [0.1, 0.15) is 0 Å². The molecule has 1 aromatic carbocycles. The van der Waals surface area contributed by atoms with Crippen LogP contribution in [0.5, 0.6) is 0 Å². The van der Waals surface area contributed by atoms with E-state index in [4.69, 9.17) is 16.6 Å². The van der Waals surface area contributed by atoms with Crippen molar-refractivity contribution in [1.29, 1.82) is 0 Å². The van der Waals surface area contributed by atoms with Crippen molar-refractivity contribution in [2.45, 2.75) is 40.2 Å². The summed E-state index contributed by atoms with van der Waals surface area (Å²) in [6.45, 7) is 13.0. The maximum Gasteiger partial charge on any atom is 0.0956 e. The number of fused-ring (bicyclic) bond motifs is 1. The van der Waals surface area contributed by atoms with Crippen LogP contribution >= 0.6 is 11.6 Å². The molecule has 0 fully saturated rings. The molecule has 0 saturated carbocycles. The molecule has 0 amide bonds. The molecule has 3 aromatic heterocycles. The van der Waals surface area contributed by atoms with Crippen LogP contribution in [0.15, 0.2) is 36.5 Å². The van der Waals surface area contributed by atoms with E-state index in [0.29, 0.717) is 5.92 Å². The van der Waals surface area contributed by atoms with Crippen LogP contribution < -0.4 is 10.6 Å². The zero-order valence-corrected chi connectivity index (χ0v) is 19.5. The van der Waals surface area contributed by atoms with Crippen LogP contribution in [0.3, 0.4) is 0 Å². The molecule has 3 heterocycles. The molecule has 6 heteroatoms. The number of pyridine rings is 1. The number of nitrogens with zero attached hydrogens (tertiary/aromatic N) is 5. The van der Waals surface area contributed by atoms with Gasteiger partial charge in [-0.15, -0.1) is 5.10 Å². The first kappa shape index (κ1) is 21.3. The minimum atomic E-state index is 0.0928. The third kappa shape index (κ3) is 3.57. The number of hydrogen-bond donors (Lipinski definition) is 0. The highest BCUT2D eigenvalue weighted by Gasteiger charge is 2.24. The van der Waals surface area contributed by atoms with E-state index in [1.165, 1.54) is 5.56 Å². The van der Waals surface area contributed by atoms with E-state index >= 15 is 0 Å². The zero-order chi connectivity index (χ0) is 22.3. The van der Waals surface area contributed by atoms with Crippen LogP contribution in [0.4, 0.5) is 0 Å². The van der Waals surface area contributed by atoms with Gasteiger partial charge in [0.15, 0.2) is 0 Å². The molecule has 0 N–H and O–H groups in total. The topological polar surface area (TPSA) is 48.5 Å². The van der Waals surface area contributed by atoms with Gasteiger partial charge >= 0.3 is 0 Å². The van der Waals surface area contributed by atoms with E-state index in [0.717, 1.165) is 50.0 Å². The van der Waals surface area contributed by atoms with Gasteiger partial charge in [-0.1, -0.05) is 61.9 Å². The van der Waals surface area contributed by atoms with Crippen LogP contribution in [0.2, 0.25) is 5.02 Å². The number of aryl methyl sites for hydroxylation is 2. The number of halogens is 1. The normalized spacial score (nSPS) is 14.3. The summed E-state index contributed by atoms with van der Waals surface area (Å²) in [4.78, 5) is 4.86. The van der Waals surface area contributed by atoms with Gasteiger partial charge in [0.25, 0.3) is 0 Å². The lowest BCUT2D eigenvalue weighted by atomic mass is 9.92. The second-order valence-corrected chi connectivity index (χ2v) is 8.58. The second kappa shape index (κ2) is 8.31. The average molecular weight is 434 g/mol. The van der Waals surface area contributed by atoms with Crippen molar-refractivity contribution in [2.24, 2.45) is 13.0 Å². The lowest BCUT2D eigenvalue weighted by molar-refractivity contribution is 0.398. The summed E-state index contributed by atoms with van der Waals surface area (Å²) in [6.07, 6.45) is 5.03. The molecule has 0 bridgehead atoms. The Kier molecular flexibility index (Phi) is 5.71. The quantitative estimate of drug-likeness (QED) is 0.460. The van der Waals surface area contributed by atoms with Crippen molar-refractivity contribution in [2.75, 3.05) is 0 Å². The average Bonchev–Trinajstić information content (AvgIpc) is 3.23. The molecule has 2 unspecified atom stereocenters. The lowest BCUT2D eigenvalue weighted by Crippen LogP contribution is -2.33. The summed E-state index contributed by atoms with van der Waals surface area (Å²) < 4.78 is 4.13. The van der Waals surface area contributed by atoms with E-state index in [1.807, 2.05) is 39.2 Å². The molecule has 4 rings (SSSR count). The van der Waals surface area contributed by atoms with Gasteiger partial charge in [0.05, 0.1) is 28.5 Å². The highest BCUT2D eigenvalue weighted by atomic mass is 35.5. The standard InChI is InChI=1S/C25H28ClN5/c1-7-15(3)24(18-10-9-11-20(26)12-18)31-17(5)21(8-2)23-22(31)13-19(14-27-23)25-16(4)28-29-30(25)6/h8-15,24H,5,7H2,1-4,6H3. The lowest BCUT2D eigenvalue weighted by Gasteiger charge is -2.27. The second-order valence-electron chi connectivity index (χ2n) is 8.14. The molecule has 0 aliphatic carbocycles. The Morgan fingerprint density at radius 3 is 2.65 bits per heavy atom. The van der Waals surface area contributed by atoms with Crippen molar-refractivity contribution in [3.63, 3.8) is 0 Å². The summed E-state index contributed by atoms with van der Waals surface area (Å²) in [5.41, 5.74) is 6.04. The van der Waals surface area contributed by atoms with Crippen LogP contribution in [0.25, 0.3) is 34.9 Å². The first-order valence-electron chi connectivity index (χ1n) is 10.6. The van der Waals surface area contributed by atoms with Gasteiger partial charge < -0.3 is 4.57 Å². The summed E-state index contributed by atoms with van der Waals surface area (Å²) in [5, 5.41) is 11.2. The van der Waals surface area contributed by atoms with Gasteiger partial charge in [-0.2, -0.15) is 0 Å². The Labute approximate surface area is 187 Å². The smallest absolute Gasteiger partial charge is 0.0956 e. The Hall–Kier alpha value is -2.92. The Balaban J connectivity index is 2.07. The van der Waals surface area contributed by atoms with Crippen LogP contribution in [0, 0.1) is 12.8 Å². The molecule has 160 valence electrons. The van der Waals surface area contributed by atoms with Crippen LogP contribution in [-0.4, -0.2) is 24.5 Å². The van der Waals surface area contributed by atoms with E-state index in [9.17, 15) is 0 Å². The maximum absolute atomic E-state index is 6.38. The van der Waals surface area contributed by atoms with E-state index < -0.39 is 0 Å². The Morgan fingerprint density at radius 1 is 1.26 bits per heavy atom. The Morgan fingerprint density at radius 2 is 2.03 bits per heavy atom. The largest absolute Gasteiger partial charge is 0.332 e. The monoisotopic (exact) mass is 433 g/mol. The van der Waals surface area contributed by atoms with Crippen LogP contribution in [0.1, 0.15) is 44.5 Å². The SMILES string of the molecule is C=c1c(=CC)c2ncc(-c3c(C)nnn3C)cc2n1C(c1cccc(Cl)c1)C(C)CC. The summed E-state index contributed by atoms with van der Waals surface area (Å²) >= 11 is 6.38. The highest BCUT2D eigenvalue weighted by Crippen LogP contribution is 2.32. The van der Waals surface area contributed by atoms with Gasteiger partial charge in [0.2, 0.25) is 0 Å². The molecular weight excluding hydrogens is 406 g/mol. The van der Waals surface area contributed by atoms with Gasteiger partial charge in [0, 0.05) is 34.4 Å². The first-order valence-corrected chi connectivity index (χ1v) is 11.0. The minimum absolute atomic E-state index is 0.0928. The van der Waals surface area contributed by atoms with Crippen molar-refractivity contribution in [1.82, 2.24) is 24.5 Å². The maximum atomic E-state index is 6.38. The predicted octanol–water partition coefficient (Wildman–Crippen LogP) is 4.64. The zero-order valence-electron chi connectivity index (χ0n) is 18.7. The predicted molar refractivity (Wildman–Crippen MR) is 128 cm³/mol. The molecule has 0 saturated heterocycles. The van der Waals surface area contributed by atoms with E-state index in [2.05, 4.69) is 59.6 Å². The van der Waals surface area contributed by atoms with E-state index in [1.54, 1.807) is 4.68 Å². The first-order chi connectivity index (χ1) is 14.9. The molecular formula is C25H28ClN5. The fourth-order valence-corrected chi connectivity index (χ4v) is 4.71. The van der Waals surface area contributed by atoms with Gasteiger partial charge in [-0.05, 0) is 43.5 Å². The number of aromatic nitrogens is 5. The summed E-state index contributed by atoms with van der Waals surface area (Å²) in [5.74, 6) is 0.378. The summed E-state index contributed by atoms with van der Waals surface area (Å²) in [7, 11) is 1.91. The minimum Gasteiger partial charge on any atom is -0.332 e. The number of hydrogen-bond acceptors (Lipinski definition) is 3. The van der Waals surface area contributed by atoms with Crippen molar-refractivity contribution in [3.05, 3.63) is 63.4 Å². The molecule has 31 heavy (non-hydrogen) atoms. The number of rotatable bonds is 5. The molecule has 0 aliphatic rings. The number of benzene rings is 1. The summed E-state index contributed by atoms with van der Waals surface area (Å²) in [6, 6.07) is 10.4. The van der Waals surface area contributed by atoms with Crippen molar-refractivity contribution >= 4 is 35.3 Å². The molecule has 0 radical (unpaired) electrons. The molecule has 2 atom stereocenters. The fraction of sp³-hybridized carbons (Fsp3) is 0.320. The van der Waals surface area contributed by atoms with Crippen molar-refractivity contribution in [3.8, 4) is 11.3 Å². The van der Waals surface area contributed by atoms with Gasteiger partial charge in [-0.3, -0.25) is 4.98 Å². The third-order valence-corrected chi connectivity index (χ3v) is 6.43. The molecule has 4 aromatic rings. The van der Waals surface area contributed by atoms with Crippen LogP contribution in [-0.2, 0) is 7.05 Å².